The molecule has 1 aromatic carbocycles. The molecule has 22 heavy (non-hydrogen) atoms. The fraction of sp³-hybridized carbons (Fsp3) is 0.188. The summed E-state index contributed by atoms with van der Waals surface area (Å²) in [6, 6.07) is 8.03. The molecule has 0 radical (unpaired) electrons. The first-order valence-electron chi connectivity index (χ1n) is 7.02. The highest BCUT2D eigenvalue weighted by atomic mass is 19.1. The van der Waals surface area contributed by atoms with E-state index in [0.717, 1.165) is 11.1 Å². The molecule has 2 aromatic heterocycles. The van der Waals surface area contributed by atoms with Gasteiger partial charge in [0.25, 0.3) is 0 Å². The molecule has 0 fully saturated rings. The Morgan fingerprint density at radius 3 is 2.95 bits per heavy atom. The second kappa shape index (κ2) is 5.93. The predicted octanol–water partition coefficient (Wildman–Crippen LogP) is 2.77. The number of aryl methyl sites for hydroxylation is 1. The monoisotopic (exact) mass is 298 g/mol. The van der Waals surface area contributed by atoms with Gasteiger partial charge >= 0.3 is 0 Å². The molecule has 3 rings (SSSR count). The van der Waals surface area contributed by atoms with Crippen LogP contribution in [0, 0.1) is 5.82 Å². The summed E-state index contributed by atoms with van der Waals surface area (Å²) in [4.78, 5) is 20.4. The lowest BCUT2D eigenvalue weighted by atomic mass is 10.2. The Morgan fingerprint density at radius 1 is 1.36 bits per heavy atom. The summed E-state index contributed by atoms with van der Waals surface area (Å²) in [5.41, 5.74) is 2.14. The first-order valence-corrected chi connectivity index (χ1v) is 7.02. The van der Waals surface area contributed by atoms with Gasteiger partial charge in [-0.05, 0) is 30.7 Å². The summed E-state index contributed by atoms with van der Waals surface area (Å²) in [6.07, 6.45) is 3.53. The SMILES string of the molecule is CCn1c(NC(=O)Cc2cccnc2)nc2cc(F)ccc21. The summed E-state index contributed by atoms with van der Waals surface area (Å²) >= 11 is 0. The number of hydrogen-bond donors (Lipinski definition) is 1. The van der Waals surface area contributed by atoms with Gasteiger partial charge in [-0.3, -0.25) is 15.1 Å². The molecule has 0 saturated heterocycles. The summed E-state index contributed by atoms with van der Waals surface area (Å²) in [7, 11) is 0. The van der Waals surface area contributed by atoms with E-state index in [9.17, 15) is 9.18 Å². The summed E-state index contributed by atoms with van der Waals surface area (Å²) < 4.78 is 15.1. The maximum Gasteiger partial charge on any atom is 0.231 e. The van der Waals surface area contributed by atoms with Crippen LogP contribution in [-0.4, -0.2) is 20.4 Å². The maximum atomic E-state index is 13.3. The number of aromatic nitrogens is 3. The number of fused-ring (bicyclic) bond motifs is 1. The third-order valence-electron chi connectivity index (χ3n) is 3.37. The lowest BCUT2D eigenvalue weighted by Gasteiger charge is -2.07. The minimum absolute atomic E-state index is 0.182. The molecule has 3 aromatic rings. The predicted molar refractivity (Wildman–Crippen MR) is 81.9 cm³/mol. The fourth-order valence-corrected chi connectivity index (χ4v) is 2.38. The van der Waals surface area contributed by atoms with Crippen molar-refractivity contribution in [2.24, 2.45) is 0 Å². The van der Waals surface area contributed by atoms with E-state index in [1.165, 1.54) is 12.1 Å². The summed E-state index contributed by atoms with van der Waals surface area (Å²) in [5.74, 6) is -0.100. The van der Waals surface area contributed by atoms with Crippen LogP contribution in [-0.2, 0) is 17.8 Å². The standard InChI is InChI=1S/C16H15FN4O/c1-2-21-14-6-5-12(17)9-13(14)19-16(21)20-15(22)8-11-4-3-7-18-10-11/h3-7,9-10H,2,8H2,1H3,(H,19,20,22). The van der Waals surface area contributed by atoms with Crippen molar-refractivity contribution in [3.05, 3.63) is 54.1 Å². The van der Waals surface area contributed by atoms with Crippen LogP contribution in [0.15, 0.2) is 42.7 Å². The van der Waals surface area contributed by atoms with Gasteiger partial charge in [0.1, 0.15) is 5.82 Å². The highest BCUT2D eigenvalue weighted by molar-refractivity contribution is 5.92. The second-order valence-electron chi connectivity index (χ2n) is 4.90. The molecular formula is C16H15FN4O. The zero-order valence-electron chi connectivity index (χ0n) is 12.1. The van der Waals surface area contributed by atoms with Crippen LogP contribution >= 0.6 is 0 Å². The van der Waals surface area contributed by atoms with Crippen LogP contribution in [0.3, 0.4) is 0 Å². The number of hydrogen-bond acceptors (Lipinski definition) is 3. The van der Waals surface area contributed by atoms with Gasteiger partial charge in [-0.2, -0.15) is 0 Å². The van der Waals surface area contributed by atoms with Crippen molar-refractivity contribution in [3.8, 4) is 0 Å². The minimum Gasteiger partial charge on any atom is -0.310 e. The van der Waals surface area contributed by atoms with Crippen molar-refractivity contribution in [2.75, 3.05) is 5.32 Å². The van der Waals surface area contributed by atoms with Crippen LogP contribution in [0.25, 0.3) is 11.0 Å². The smallest absolute Gasteiger partial charge is 0.231 e. The molecule has 5 nitrogen and oxygen atoms in total. The minimum atomic E-state index is -0.346. The average molecular weight is 298 g/mol. The molecule has 6 heteroatoms. The first kappa shape index (κ1) is 14.2. The van der Waals surface area contributed by atoms with Crippen molar-refractivity contribution in [2.45, 2.75) is 19.9 Å². The lowest BCUT2D eigenvalue weighted by Crippen LogP contribution is -2.17. The molecule has 0 aliphatic carbocycles. The topological polar surface area (TPSA) is 59.8 Å². The highest BCUT2D eigenvalue weighted by Gasteiger charge is 2.13. The number of anilines is 1. The van der Waals surface area contributed by atoms with Crippen LogP contribution < -0.4 is 5.32 Å². The number of carbonyl (C=O) groups excluding carboxylic acids is 1. The van der Waals surface area contributed by atoms with Crippen LogP contribution in [0.2, 0.25) is 0 Å². The third-order valence-corrected chi connectivity index (χ3v) is 3.37. The Balaban J connectivity index is 1.85. The summed E-state index contributed by atoms with van der Waals surface area (Å²) in [5, 5.41) is 2.78. The molecule has 1 amide bonds. The fourth-order valence-electron chi connectivity index (χ4n) is 2.38. The maximum absolute atomic E-state index is 13.3. The number of amides is 1. The Hall–Kier alpha value is -2.76. The quantitative estimate of drug-likeness (QED) is 0.805. The normalized spacial score (nSPS) is 10.8. The molecule has 0 spiro atoms. The number of rotatable bonds is 4. The van der Waals surface area contributed by atoms with E-state index in [4.69, 9.17) is 0 Å². The van der Waals surface area contributed by atoms with Gasteiger partial charge in [0.05, 0.1) is 17.5 Å². The number of carbonyl (C=O) groups is 1. The molecular weight excluding hydrogens is 283 g/mol. The average Bonchev–Trinajstić information content (AvgIpc) is 2.84. The van der Waals surface area contributed by atoms with Gasteiger partial charge in [0.2, 0.25) is 11.9 Å². The molecule has 0 unspecified atom stereocenters. The van der Waals surface area contributed by atoms with Crippen LogP contribution in [0.4, 0.5) is 10.3 Å². The lowest BCUT2D eigenvalue weighted by molar-refractivity contribution is -0.115. The number of benzene rings is 1. The van der Waals surface area contributed by atoms with Gasteiger partial charge in [-0.15, -0.1) is 0 Å². The van der Waals surface area contributed by atoms with Gasteiger partial charge in [-0.1, -0.05) is 6.07 Å². The number of nitrogens with zero attached hydrogens (tertiary/aromatic N) is 3. The van der Waals surface area contributed by atoms with Crippen molar-refractivity contribution in [3.63, 3.8) is 0 Å². The van der Waals surface area contributed by atoms with Gasteiger partial charge in [-0.25, -0.2) is 9.37 Å². The highest BCUT2D eigenvalue weighted by Crippen LogP contribution is 2.20. The van der Waals surface area contributed by atoms with Crippen molar-refractivity contribution < 1.29 is 9.18 Å². The Bertz CT molecular complexity index is 814. The Kier molecular flexibility index (Phi) is 3.82. The number of imidazole rings is 1. The Morgan fingerprint density at radius 2 is 2.23 bits per heavy atom. The summed E-state index contributed by atoms with van der Waals surface area (Å²) in [6.45, 7) is 2.58. The van der Waals surface area contributed by atoms with E-state index in [1.807, 2.05) is 17.6 Å². The zero-order valence-corrected chi connectivity index (χ0v) is 12.1. The van der Waals surface area contributed by atoms with Gasteiger partial charge < -0.3 is 4.57 Å². The zero-order chi connectivity index (χ0) is 15.5. The van der Waals surface area contributed by atoms with Gasteiger partial charge in [0.15, 0.2) is 0 Å². The van der Waals surface area contributed by atoms with E-state index >= 15 is 0 Å². The molecule has 0 aliphatic rings. The molecule has 2 heterocycles. The van der Waals surface area contributed by atoms with Crippen molar-refractivity contribution in [1.82, 2.24) is 14.5 Å². The number of nitrogens with one attached hydrogen (secondary N) is 1. The first-order chi connectivity index (χ1) is 10.7. The van der Waals surface area contributed by atoms with Crippen LogP contribution in [0.5, 0.6) is 0 Å². The number of pyridine rings is 1. The van der Waals surface area contributed by atoms with Gasteiger partial charge in [0, 0.05) is 25.0 Å². The Labute approximate surface area is 126 Å². The van der Waals surface area contributed by atoms with E-state index in [-0.39, 0.29) is 18.1 Å². The third kappa shape index (κ3) is 2.81. The number of halogens is 1. The molecule has 0 atom stereocenters. The second-order valence-corrected chi connectivity index (χ2v) is 4.90. The molecule has 112 valence electrons. The largest absolute Gasteiger partial charge is 0.310 e. The van der Waals surface area contributed by atoms with Crippen molar-refractivity contribution >= 4 is 22.9 Å². The molecule has 0 bridgehead atoms. The van der Waals surface area contributed by atoms with E-state index in [1.54, 1.807) is 24.5 Å². The van der Waals surface area contributed by atoms with E-state index in [0.29, 0.717) is 18.0 Å². The molecule has 1 N–H and O–H groups in total. The van der Waals surface area contributed by atoms with Crippen LogP contribution in [0.1, 0.15) is 12.5 Å². The molecule has 0 aliphatic heterocycles. The van der Waals surface area contributed by atoms with E-state index in [2.05, 4.69) is 15.3 Å². The van der Waals surface area contributed by atoms with E-state index < -0.39 is 0 Å². The molecule has 0 saturated carbocycles. The van der Waals surface area contributed by atoms with Crippen molar-refractivity contribution in [1.29, 1.82) is 0 Å².